The second kappa shape index (κ2) is 8.03. The lowest BCUT2D eigenvalue weighted by atomic mass is 10.2. The number of benzene rings is 2. The maximum atomic E-state index is 12.8. The van der Waals surface area contributed by atoms with E-state index in [0.717, 1.165) is 0 Å². The summed E-state index contributed by atoms with van der Waals surface area (Å²) in [5.74, 6) is 0.111. The summed E-state index contributed by atoms with van der Waals surface area (Å²) in [6.07, 6.45) is 2.65. The Morgan fingerprint density at radius 3 is 2.13 bits per heavy atom. The molecule has 10 nitrogen and oxygen atoms in total. The molecule has 0 atom stereocenters. The first-order valence-electron chi connectivity index (χ1n) is 9.23. The zero-order valence-electron chi connectivity index (χ0n) is 16.7. The summed E-state index contributed by atoms with van der Waals surface area (Å²) in [5.41, 5.74) is 2.42. The molecule has 0 fully saturated rings. The van der Waals surface area contributed by atoms with Crippen LogP contribution < -0.4 is 15.4 Å². The van der Waals surface area contributed by atoms with Crippen molar-refractivity contribution in [3.8, 4) is 0 Å². The van der Waals surface area contributed by atoms with Gasteiger partial charge >= 0.3 is 0 Å². The monoisotopic (exact) mass is 437 g/mol. The van der Waals surface area contributed by atoms with Crippen LogP contribution in [0.5, 0.6) is 0 Å². The first kappa shape index (κ1) is 20.3. The Balaban J connectivity index is 1.70. The minimum atomic E-state index is -3.92. The molecule has 0 aliphatic rings. The third-order valence-corrected chi connectivity index (χ3v) is 5.55. The third-order valence-electron chi connectivity index (χ3n) is 4.26. The SMILES string of the molecule is CC(=O)Nc1ccc(Nc2nc3ccccc3nc2NS(=O)(=O)c2cnn(C)c2)cc1. The zero-order chi connectivity index (χ0) is 22.0. The van der Waals surface area contributed by atoms with E-state index in [9.17, 15) is 13.2 Å². The Labute approximate surface area is 178 Å². The average Bonchev–Trinajstić information content (AvgIpc) is 3.17. The van der Waals surface area contributed by atoms with E-state index in [-0.39, 0.29) is 22.4 Å². The summed E-state index contributed by atoms with van der Waals surface area (Å²) in [4.78, 5) is 20.2. The summed E-state index contributed by atoms with van der Waals surface area (Å²) in [5, 5.41) is 9.69. The predicted molar refractivity (Wildman–Crippen MR) is 118 cm³/mol. The molecule has 0 saturated carbocycles. The normalized spacial score (nSPS) is 11.3. The van der Waals surface area contributed by atoms with Crippen LogP contribution in [0.15, 0.2) is 65.8 Å². The van der Waals surface area contributed by atoms with E-state index in [0.29, 0.717) is 22.4 Å². The minimum absolute atomic E-state index is 0.00979. The van der Waals surface area contributed by atoms with Crippen LogP contribution in [0.3, 0.4) is 0 Å². The van der Waals surface area contributed by atoms with Gasteiger partial charge in [0.1, 0.15) is 4.90 Å². The van der Waals surface area contributed by atoms with Crippen LogP contribution in [0.25, 0.3) is 11.0 Å². The average molecular weight is 437 g/mol. The highest BCUT2D eigenvalue weighted by Crippen LogP contribution is 2.27. The number of hydrogen-bond acceptors (Lipinski definition) is 7. The van der Waals surface area contributed by atoms with E-state index in [1.54, 1.807) is 49.5 Å². The van der Waals surface area contributed by atoms with Crippen LogP contribution in [-0.2, 0) is 21.9 Å². The number of aryl methyl sites for hydroxylation is 1. The van der Waals surface area contributed by atoms with Gasteiger partial charge in [-0.3, -0.25) is 14.2 Å². The van der Waals surface area contributed by atoms with Crippen LogP contribution in [0.4, 0.5) is 23.0 Å². The molecule has 0 bridgehead atoms. The second-order valence-electron chi connectivity index (χ2n) is 6.75. The first-order valence-corrected chi connectivity index (χ1v) is 10.7. The van der Waals surface area contributed by atoms with Crippen molar-refractivity contribution in [2.75, 3.05) is 15.4 Å². The molecule has 2 aromatic heterocycles. The fourth-order valence-corrected chi connectivity index (χ4v) is 3.85. The minimum Gasteiger partial charge on any atom is -0.337 e. The number of carbonyl (C=O) groups is 1. The molecule has 2 heterocycles. The fourth-order valence-electron chi connectivity index (χ4n) is 2.86. The van der Waals surface area contributed by atoms with Gasteiger partial charge in [-0.2, -0.15) is 5.10 Å². The van der Waals surface area contributed by atoms with Crippen molar-refractivity contribution in [1.29, 1.82) is 0 Å². The lowest BCUT2D eigenvalue weighted by Gasteiger charge is -2.13. The number of hydrogen-bond donors (Lipinski definition) is 3. The van der Waals surface area contributed by atoms with Crippen molar-refractivity contribution in [3.63, 3.8) is 0 Å². The van der Waals surface area contributed by atoms with Crippen molar-refractivity contribution in [3.05, 3.63) is 60.9 Å². The van der Waals surface area contributed by atoms with Gasteiger partial charge in [0, 0.05) is 31.5 Å². The molecule has 0 unspecified atom stereocenters. The number of rotatable bonds is 6. The topological polar surface area (TPSA) is 131 Å². The van der Waals surface area contributed by atoms with Crippen LogP contribution in [0.1, 0.15) is 6.92 Å². The van der Waals surface area contributed by atoms with Gasteiger partial charge in [-0.1, -0.05) is 12.1 Å². The molecule has 0 aliphatic carbocycles. The number of sulfonamides is 1. The van der Waals surface area contributed by atoms with Gasteiger partial charge in [-0.15, -0.1) is 0 Å². The highest BCUT2D eigenvalue weighted by molar-refractivity contribution is 7.92. The Kier molecular flexibility index (Phi) is 5.26. The van der Waals surface area contributed by atoms with E-state index in [1.165, 1.54) is 24.0 Å². The number of para-hydroxylation sites is 2. The number of nitrogens with zero attached hydrogens (tertiary/aromatic N) is 4. The highest BCUT2D eigenvalue weighted by Gasteiger charge is 2.20. The van der Waals surface area contributed by atoms with Crippen LogP contribution in [0, 0.1) is 0 Å². The number of anilines is 4. The molecule has 2 aromatic carbocycles. The molecule has 0 saturated heterocycles. The molecular weight excluding hydrogens is 418 g/mol. The van der Waals surface area contributed by atoms with E-state index in [1.807, 2.05) is 6.07 Å². The van der Waals surface area contributed by atoms with Gasteiger partial charge in [-0.05, 0) is 36.4 Å². The summed E-state index contributed by atoms with van der Waals surface area (Å²) in [6.45, 7) is 1.43. The molecule has 31 heavy (non-hydrogen) atoms. The van der Waals surface area contributed by atoms with Crippen LogP contribution >= 0.6 is 0 Å². The summed E-state index contributed by atoms with van der Waals surface area (Å²) < 4.78 is 29.5. The predicted octanol–water partition coefficient (Wildman–Crippen LogP) is 2.87. The van der Waals surface area contributed by atoms with Crippen molar-refractivity contribution in [1.82, 2.24) is 19.7 Å². The summed E-state index contributed by atoms with van der Waals surface area (Å²) in [7, 11) is -2.29. The first-order chi connectivity index (χ1) is 14.8. The Hall–Kier alpha value is -3.99. The van der Waals surface area contributed by atoms with Crippen molar-refractivity contribution >= 4 is 50.0 Å². The number of fused-ring (bicyclic) bond motifs is 1. The van der Waals surface area contributed by atoms with Gasteiger partial charge in [0.15, 0.2) is 11.6 Å². The van der Waals surface area contributed by atoms with Gasteiger partial charge in [-0.25, -0.2) is 18.4 Å². The molecule has 4 aromatic rings. The summed E-state index contributed by atoms with van der Waals surface area (Å²) >= 11 is 0. The van der Waals surface area contributed by atoms with Crippen molar-refractivity contribution in [2.45, 2.75) is 11.8 Å². The van der Waals surface area contributed by atoms with Crippen LogP contribution in [-0.4, -0.2) is 34.1 Å². The van der Waals surface area contributed by atoms with Crippen molar-refractivity contribution < 1.29 is 13.2 Å². The van der Waals surface area contributed by atoms with E-state index < -0.39 is 10.0 Å². The maximum absolute atomic E-state index is 12.8. The Morgan fingerprint density at radius 2 is 1.55 bits per heavy atom. The smallest absolute Gasteiger partial charge is 0.266 e. The molecule has 0 radical (unpaired) electrons. The van der Waals surface area contributed by atoms with E-state index >= 15 is 0 Å². The molecule has 0 aliphatic heterocycles. The van der Waals surface area contributed by atoms with E-state index in [2.05, 4.69) is 30.4 Å². The molecule has 1 amide bonds. The second-order valence-corrected chi connectivity index (χ2v) is 8.43. The summed E-state index contributed by atoms with van der Waals surface area (Å²) in [6, 6.07) is 14.1. The molecular formula is C20H19N7O3S. The zero-order valence-corrected chi connectivity index (χ0v) is 17.5. The Morgan fingerprint density at radius 1 is 0.935 bits per heavy atom. The molecule has 0 spiro atoms. The van der Waals surface area contributed by atoms with Gasteiger partial charge in [0.25, 0.3) is 10.0 Å². The van der Waals surface area contributed by atoms with Gasteiger partial charge in [0.05, 0.1) is 17.2 Å². The maximum Gasteiger partial charge on any atom is 0.266 e. The lowest BCUT2D eigenvalue weighted by Crippen LogP contribution is -2.15. The van der Waals surface area contributed by atoms with Crippen molar-refractivity contribution in [2.24, 2.45) is 7.05 Å². The third kappa shape index (κ3) is 4.61. The largest absolute Gasteiger partial charge is 0.337 e. The van der Waals surface area contributed by atoms with Crippen LogP contribution in [0.2, 0.25) is 0 Å². The fraction of sp³-hybridized carbons (Fsp3) is 0.100. The quantitative estimate of drug-likeness (QED) is 0.423. The molecule has 3 N–H and O–H groups in total. The van der Waals surface area contributed by atoms with E-state index in [4.69, 9.17) is 0 Å². The molecule has 4 rings (SSSR count). The molecule has 11 heteroatoms. The lowest BCUT2D eigenvalue weighted by molar-refractivity contribution is -0.114. The number of carbonyl (C=O) groups excluding carboxylic acids is 1. The van der Waals surface area contributed by atoms with Gasteiger partial charge < -0.3 is 10.6 Å². The highest BCUT2D eigenvalue weighted by atomic mass is 32.2. The molecule has 158 valence electrons. The standard InChI is InChI=1S/C20H19N7O3S/c1-13(28)22-14-7-9-15(10-8-14)23-19-20(25-18-6-4-3-5-17(18)24-19)26-31(29,30)16-11-21-27(2)12-16/h3-12H,1-2H3,(H,22,28)(H,23,24)(H,25,26). The Bertz CT molecular complexity index is 1370. The van der Waals surface area contributed by atoms with Gasteiger partial charge in [0.2, 0.25) is 5.91 Å². The number of amides is 1. The number of nitrogens with one attached hydrogen (secondary N) is 3. The number of aromatic nitrogens is 4.